The molecule has 0 aromatic rings. The quantitative estimate of drug-likeness (QED) is 0.130. The van der Waals surface area contributed by atoms with Crippen LogP contribution >= 0.6 is 0 Å². The van der Waals surface area contributed by atoms with E-state index in [0.717, 1.165) is 45.1 Å². The fourth-order valence-corrected chi connectivity index (χ4v) is 10.3. The standard InChI is InChI=1S/C35H57NO5/c1-3-4-5-6-7-8-9-10-11-12-23-36-25-33-20-15-26(37)24-34(33,39)21-17-28-27(33)16-19-32(2)29(18-22-35(28,32)40)30-13-14-31(38)41-30/h13-14,25-30,37,39-40H,3-12,15-24H2,1-2H3/t26?,27-,28?,29-,30?,32+,33-,34?,35?/m0/s1. The predicted octanol–water partition coefficient (Wildman–Crippen LogP) is 6.69. The van der Waals surface area contributed by atoms with E-state index >= 15 is 0 Å². The number of hydrogen-bond donors (Lipinski definition) is 3. The smallest absolute Gasteiger partial charge is 0.331 e. The van der Waals surface area contributed by atoms with Gasteiger partial charge >= 0.3 is 5.97 Å². The van der Waals surface area contributed by atoms with Gasteiger partial charge in [0.25, 0.3) is 0 Å². The SMILES string of the molecule is CCCCCCCCCCCCN=C[C@]12CCC(O)CC1(O)CCC1[C@@H]2CC[C@]2(C)[C@H](C3C=CC(=O)O3)CCC12O. The van der Waals surface area contributed by atoms with Crippen LogP contribution in [-0.4, -0.2) is 57.5 Å². The molecule has 41 heavy (non-hydrogen) atoms. The number of nitrogens with zero attached hydrogens (tertiary/aromatic N) is 1. The summed E-state index contributed by atoms with van der Waals surface area (Å²) in [5.74, 6) is 0.0604. The third-order valence-corrected chi connectivity index (χ3v) is 12.6. The zero-order valence-corrected chi connectivity index (χ0v) is 25.9. The normalized spacial score (nSPS) is 43.6. The lowest BCUT2D eigenvalue weighted by atomic mass is 9.41. The predicted molar refractivity (Wildman–Crippen MR) is 163 cm³/mol. The van der Waals surface area contributed by atoms with Crippen LogP contribution < -0.4 is 0 Å². The summed E-state index contributed by atoms with van der Waals surface area (Å²) < 4.78 is 5.65. The monoisotopic (exact) mass is 571 g/mol. The van der Waals surface area contributed by atoms with Crippen molar-refractivity contribution in [2.24, 2.45) is 33.6 Å². The Bertz CT molecular complexity index is 966. The highest BCUT2D eigenvalue weighted by Crippen LogP contribution is 2.70. The summed E-state index contributed by atoms with van der Waals surface area (Å²) >= 11 is 0. The molecule has 0 amide bonds. The Hall–Kier alpha value is -1.24. The Morgan fingerprint density at radius 1 is 0.878 bits per heavy atom. The molecule has 9 atom stereocenters. The molecular weight excluding hydrogens is 514 g/mol. The molecule has 0 saturated heterocycles. The van der Waals surface area contributed by atoms with E-state index in [-0.39, 0.29) is 35.2 Å². The maximum absolute atomic E-state index is 12.5. The van der Waals surface area contributed by atoms with Crippen LogP contribution in [-0.2, 0) is 9.53 Å². The summed E-state index contributed by atoms with van der Waals surface area (Å²) in [6.07, 6.45) is 24.3. The number of hydrogen-bond acceptors (Lipinski definition) is 6. The van der Waals surface area contributed by atoms with Gasteiger partial charge in [-0.25, -0.2) is 4.79 Å². The van der Waals surface area contributed by atoms with E-state index in [0.29, 0.717) is 25.7 Å². The third kappa shape index (κ3) is 5.71. The summed E-state index contributed by atoms with van der Waals surface area (Å²) in [5.41, 5.74) is -2.65. The molecule has 6 heteroatoms. The summed E-state index contributed by atoms with van der Waals surface area (Å²) in [7, 11) is 0. The summed E-state index contributed by atoms with van der Waals surface area (Å²) in [6.45, 7) is 5.27. The van der Waals surface area contributed by atoms with Gasteiger partial charge < -0.3 is 20.1 Å². The van der Waals surface area contributed by atoms with Crippen molar-refractivity contribution in [1.82, 2.24) is 0 Å². The number of aliphatic hydroxyl groups is 3. The molecule has 0 spiro atoms. The highest BCUT2D eigenvalue weighted by molar-refractivity contribution is 5.84. The van der Waals surface area contributed by atoms with Crippen molar-refractivity contribution in [3.63, 3.8) is 0 Å². The maximum Gasteiger partial charge on any atom is 0.331 e. The lowest BCUT2D eigenvalue weighted by molar-refractivity contribution is -0.241. The zero-order chi connectivity index (χ0) is 29.1. The molecule has 0 radical (unpaired) electrons. The number of fused-ring (bicyclic) bond motifs is 5. The van der Waals surface area contributed by atoms with Gasteiger partial charge in [-0.1, -0.05) is 71.6 Å². The van der Waals surface area contributed by atoms with E-state index in [1.54, 1.807) is 0 Å². The van der Waals surface area contributed by atoms with Gasteiger partial charge in [0.15, 0.2) is 0 Å². The fourth-order valence-electron chi connectivity index (χ4n) is 10.3. The Balaban J connectivity index is 1.24. The number of esters is 1. The van der Waals surface area contributed by atoms with Crippen LogP contribution in [0.2, 0.25) is 0 Å². The summed E-state index contributed by atoms with van der Waals surface area (Å²) in [6, 6.07) is 0. The second kappa shape index (κ2) is 12.8. The molecule has 4 aliphatic carbocycles. The minimum Gasteiger partial charge on any atom is -0.455 e. The molecule has 5 aliphatic rings. The number of carbonyl (C=O) groups excluding carboxylic acids is 1. The highest BCUT2D eigenvalue weighted by Gasteiger charge is 2.71. The first-order chi connectivity index (χ1) is 19.7. The molecule has 3 N–H and O–H groups in total. The van der Waals surface area contributed by atoms with E-state index in [9.17, 15) is 20.1 Å². The number of carbonyl (C=O) groups is 1. The van der Waals surface area contributed by atoms with Gasteiger partial charge in [-0.2, -0.15) is 0 Å². The number of ether oxygens (including phenoxy) is 1. The maximum atomic E-state index is 12.5. The summed E-state index contributed by atoms with van der Waals surface area (Å²) in [5, 5.41) is 35.3. The second-order valence-corrected chi connectivity index (χ2v) is 14.7. The van der Waals surface area contributed by atoms with Crippen LogP contribution in [0.1, 0.15) is 136 Å². The van der Waals surface area contributed by atoms with Crippen molar-refractivity contribution in [3.05, 3.63) is 12.2 Å². The van der Waals surface area contributed by atoms with Gasteiger partial charge in [0, 0.05) is 42.0 Å². The molecule has 0 aromatic carbocycles. The molecule has 1 aliphatic heterocycles. The number of aliphatic imine (C=N–C) groups is 1. The number of rotatable bonds is 13. The average molecular weight is 572 g/mol. The van der Waals surface area contributed by atoms with Gasteiger partial charge in [0.05, 0.1) is 17.3 Å². The average Bonchev–Trinajstić information content (AvgIpc) is 3.49. The largest absolute Gasteiger partial charge is 0.455 e. The third-order valence-electron chi connectivity index (χ3n) is 12.6. The molecule has 4 saturated carbocycles. The Labute approximate surface area is 248 Å². The van der Waals surface area contributed by atoms with Crippen molar-refractivity contribution in [3.8, 4) is 0 Å². The molecule has 5 rings (SSSR count). The minimum atomic E-state index is -0.973. The van der Waals surface area contributed by atoms with Crippen molar-refractivity contribution < 1.29 is 24.9 Å². The van der Waals surface area contributed by atoms with Gasteiger partial charge in [0.2, 0.25) is 0 Å². The van der Waals surface area contributed by atoms with Gasteiger partial charge in [0.1, 0.15) is 6.10 Å². The first-order valence-corrected chi connectivity index (χ1v) is 17.2. The highest BCUT2D eigenvalue weighted by atomic mass is 16.5. The molecule has 5 unspecified atom stereocenters. The molecule has 0 bridgehead atoms. The Morgan fingerprint density at radius 2 is 1.54 bits per heavy atom. The van der Waals surface area contributed by atoms with Gasteiger partial charge in [-0.15, -0.1) is 0 Å². The van der Waals surface area contributed by atoms with E-state index in [2.05, 4.69) is 20.1 Å². The van der Waals surface area contributed by atoms with Crippen LogP contribution in [0, 0.1) is 28.6 Å². The fraction of sp³-hybridized carbons (Fsp3) is 0.886. The second-order valence-electron chi connectivity index (χ2n) is 14.7. The van der Waals surface area contributed by atoms with E-state index in [4.69, 9.17) is 9.73 Å². The van der Waals surface area contributed by atoms with Gasteiger partial charge in [-0.3, -0.25) is 4.99 Å². The molecule has 1 heterocycles. The lowest BCUT2D eigenvalue weighted by Gasteiger charge is -2.65. The molecular formula is C35H57NO5. The van der Waals surface area contributed by atoms with Crippen molar-refractivity contribution >= 4 is 12.2 Å². The van der Waals surface area contributed by atoms with Crippen molar-refractivity contribution in [1.29, 1.82) is 0 Å². The van der Waals surface area contributed by atoms with E-state index in [1.807, 2.05) is 6.08 Å². The molecule has 232 valence electrons. The van der Waals surface area contributed by atoms with Crippen LogP contribution in [0.25, 0.3) is 0 Å². The van der Waals surface area contributed by atoms with Crippen LogP contribution in [0.5, 0.6) is 0 Å². The number of cyclic esters (lactones) is 1. The van der Waals surface area contributed by atoms with Gasteiger partial charge in [-0.05, 0) is 75.7 Å². The summed E-state index contributed by atoms with van der Waals surface area (Å²) in [4.78, 5) is 16.9. The van der Waals surface area contributed by atoms with Crippen LogP contribution in [0.3, 0.4) is 0 Å². The van der Waals surface area contributed by atoms with Crippen molar-refractivity contribution in [2.45, 2.75) is 159 Å². The van der Waals surface area contributed by atoms with E-state index in [1.165, 1.54) is 63.9 Å². The number of unbranched alkanes of at least 4 members (excludes halogenated alkanes) is 9. The topological polar surface area (TPSA) is 99.4 Å². The molecule has 0 aromatic heterocycles. The first-order valence-electron chi connectivity index (χ1n) is 17.2. The van der Waals surface area contributed by atoms with Crippen LogP contribution in [0.4, 0.5) is 0 Å². The van der Waals surface area contributed by atoms with Crippen molar-refractivity contribution in [2.75, 3.05) is 6.54 Å². The van der Waals surface area contributed by atoms with Crippen LogP contribution in [0.15, 0.2) is 17.1 Å². The number of aliphatic hydroxyl groups excluding tert-OH is 1. The molecule has 4 fully saturated rings. The lowest BCUT2D eigenvalue weighted by Crippen LogP contribution is -2.69. The zero-order valence-electron chi connectivity index (χ0n) is 25.9. The minimum absolute atomic E-state index is 0.0756. The van der Waals surface area contributed by atoms with E-state index < -0.39 is 22.7 Å². The Kier molecular flexibility index (Phi) is 9.72. The molecule has 6 nitrogen and oxygen atoms in total. The first kappa shape index (κ1) is 31.2. The Morgan fingerprint density at radius 3 is 2.22 bits per heavy atom.